The van der Waals surface area contributed by atoms with Crippen LogP contribution in [0.2, 0.25) is 0 Å². The number of nitrogens with zero attached hydrogens (tertiary/aromatic N) is 2. The molecular weight excluding hydrogens is 420 g/mol. The van der Waals surface area contributed by atoms with E-state index in [0.717, 1.165) is 29.9 Å². The first-order valence-corrected chi connectivity index (χ1v) is 11.3. The van der Waals surface area contributed by atoms with E-state index in [2.05, 4.69) is 50.7 Å². The summed E-state index contributed by atoms with van der Waals surface area (Å²) in [6.07, 6.45) is -0.290. The van der Waals surface area contributed by atoms with E-state index in [4.69, 9.17) is 9.47 Å². The van der Waals surface area contributed by atoms with Crippen LogP contribution in [-0.4, -0.2) is 47.8 Å². The number of carbonyl (C=O) groups excluding carboxylic acids is 1. The lowest BCUT2D eigenvalue weighted by Gasteiger charge is -2.30. The molecule has 0 heterocycles. The number of rotatable bonds is 9. The Kier molecular flexibility index (Phi) is 8.74. The van der Waals surface area contributed by atoms with Gasteiger partial charge in [-0.2, -0.15) is 0 Å². The zero-order chi connectivity index (χ0) is 24.8. The number of oxime groups is 1. The second-order valence-corrected chi connectivity index (χ2v) is 9.12. The van der Waals surface area contributed by atoms with Crippen LogP contribution in [-0.2, 0) is 10.2 Å². The van der Waals surface area contributed by atoms with E-state index in [1.807, 2.05) is 12.1 Å². The first-order chi connectivity index (χ1) is 15.5. The lowest BCUT2D eigenvalue weighted by molar-refractivity contribution is 0.0374. The minimum atomic E-state index is -0.602. The number of benzene rings is 2. The van der Waals surface area contributed by atoms with Crippen molar-refractivity contribution in [2.75, 3.05) is 24.6 Å². The predicted molar refractivity (Wildman–Crippen MR) is 131 cm³/mol. The van der Waals surface area contributed by atoms with Gasteiger partial charge >= 0.3 is 5.97 Å². The maximum absolute atomic E-state index is 12.0. The van der Waals surface area contributed by atoms with Crippen LogP contribution in [0.5, 0.6) is 11.5 Å². The molecule has 0 aliphatic rings. The number of esters is 1. The average Bonchev–Trinajstić information content (AvgIpc) is 2.74. The number of hydrogen-bond donors (Lipinski definition) is 2. The van der Waals surface area contributed by atoms with Crippen LogP contribution in [0.25, 0.3) is 0 Å². The van der Waals surface area contributed by atoms with Crippen molar-refractivity contribution in [2.45, 2.75) is 60.0 Å². The summed E-state index contributed by atoms with van der Waals surface area (Å²) in [5, 5.41) is 23.3. The summed E-state index contributed by atoms with van der Waals surface area (Å²) in [5.41, 5.74) is 3.36. The Morgan fingerprint density at radius 3 is 2.27 bits per heavy atom. The second-order valence-electron chi connectivity index (χ2n) is 9.12. The highest BCUT2D eigenvalue weighted by Gasteiger charge is 2.22. The summed E-state index contributed by atoms with van der Waals surface area (Å²) in [4.78, 5) is 14.3. The molecular formula is C26H36N2O5. The first-order valence-electron chi connectivity index (χ1n) is 11.3. The SMILES string of the molecule is CCN(CC)c1ccc(C(COc2ccc(C(=O)OC(C)C)c(O)c2)=NO)cc1C(C)(C)C. The minimum Gasteiger partial charge on any atom is -0.507 e. The Labute approximate surface area is 196 Å². The van der Waals surface area contributed by atoms with E-state index in [1.165, 1.54) is 12.1 Å². The van der Waals surface area contributed by atoms with Gasteiger partial charge in [0.15, 0.2) is 0 Å². The highest BCUT2D eigenvalue weighted by atomic mass is 16.5. The van der Waals surface area contributed by atoms with Crippen molar-refractivity contribution in [2.24, 2.45) is 5.16 Å². The van der Waals surface area contributed by atoms with Gasteiger partial charge < -0.3 is 24.7 Å². The molecule has 0 saturated heterocycles. The van der Waals surface area contributed by atoms with Crippen molar-refractivity contribution in [1.82, 2.24) is 0 Å². The molecule has 0 aliphatic heterocycles. The summed E-state index contributed by atoms with van der Waals surface area (Å²) in [7, 11) is 0. The Balaban J connectivity index is 2.25. The summed E-state index contributed by atoms with van der Waals surface area (Å²) < 4.78 is 10.9. The van der Waals surface area contributed by atoms with E-state index in [0.29, 0.717) is 11.5 Å². The summed E-state index contributed by atoms with van der Waals surface area (Å²) in [6.45, 7) is 16.0. The maximum Gasteiger partial charge on any atom is 0.342 e. The van der Waals surface area contributed by atoms with Crippen LogP contribution in [0.3, 0.4) is 0 Å². The lowest BCUT2D eigenvalue weighted by atomic mass is 9.84. The molecule has 0 saturated carbocycles. The van der Waals surface area contributed by atoms with Gasteiger partial charge in [0.05, 0.1) is 6.10 Å². The van der Waals surface area contributed by atoms with Gasteiger partial charge in [0.25, 0.3) is 0 Å². The molecule has 180 valence electrons. The molecule has 0 aliphatic carbocycles. The highest BCUT2D eigenvalue weighted by Crippen LogP contribution is 2.33. The maximum atomic E-state index is 12.0. The smallest absolute Gasteiger partial charge is 0.342 e. The standard InChI is InChI=1S/C26H36N2O5/c1-8-28(9-2)23-13-10-18(14-21(23)26(5,6)7)22(27-31)16-32-19-11-12-20(24(29)15-19)25(30)33-17(3)4/h10-15,17,29,31H,8-9,16H2,1-7H3. The molecule has 0 bridgehead atoms. The van der Waals surface area contributed by atoms with Crippen LogP contribution in [0, 0.1) is 0 Å². The highest BCUT2D eigenvalue weighted by molar-refractivity contribution is 6.02. The third-order valence-corrected chi connectivity index (χ3v) is 5.27. The van der Waals surface area contributed by atoms with Gasteiger partial charge in [-0.3, -0.25) is 0 Å². The number of ether oxygens (including phenoxy) is 2. The molecule has 2 rings (SSSR count). The zero-order valence-electron chi connectivity index (χ0n) is 20.7. The number of anilines is 1. The zero-order valence-corrected chi connectivity index (χ0v) is 20.7. The van der Waals surface area contributed by atoms with Crippen LogP contribution in [0.15, 0.2) is 41.6 Å². The molecule has 0 atom stereocenters. The van der Waals surface area contributed by atoms with Gasteiger partial charge in [0.1, 0.15) is 29.4 Å². The Morgan fingerprint density at radius 2 is 1.76 bits per heavy atom. The average molecular weight is 457 g/mol. The van der Waals surface area contributed by atoms with Gasteiger partial charge in [0.2, 0.25) is 0 Å². The van der Waals surface area contributed by atoms with Gasteiger partial charge in [0, 0.05) is 30.4 Å². The van der Waals surface area contributed by atoms with Crippen molar-refractivity contribution in [1.29, 1.82) is 0 Å². The van der Waals surface area contributed by atoms with Crippen LogP contribution < -0.4 is 9.64 Å². The fraction of sp³-hybridized carbons (Fsp3) is 0.462. The Morgan fingerprint density at radius 1 is 1.09 bits per heavy atom. The molecule has 0 spiro atoms. The van der Waals surface area contributed by atoms with E-state index in [1.54, 1.807) is 19.9 Å². The van der Waals surface area contributed by atoms with Crippen LogP contribution in [0.4, 0.5) is 5.69 Å². The number of phenols is 1. The van der Waals surface area contributed by atoms with E-state index in [9.17, 15) is 15.1 Å². The molecule has 2 N–H and O–H groups in total. The number of carbonyl (C=O) groups is 1. The second kappa shape index (κ2) is 11.1. The number of aromatic hydroxyl groups is 1. The molecule has 0 aromatic heterocycles. The molecule has 0 radical (unpaired) electrons. The summed E-state index contributed by atoms with van der Waals surface area (Å²) in [6, 6.07) is 10.4. The van der Waals surface area contributed by atoms with Crippen molar-refractivity contribution in [3.05, 3.63) is 53.1 Å². The molecule has 0 unspecified atom stereocenters. The van der Waals surface area contributed by atoms with Gasteiger partial charge in [-0.1, -0.05) is 32.0 Å². The Hall–Kier alpha value is -3.22. The largest absolute Gasteiger partial charge is 0.507 e. The molecule has 2 aromatic rings. The summed E-state index contributed by atoms with van der Waals surface area (Å²) in [5.74, 6) is -0.501. The van der Waals surface area contributed by atoms with Gasteiger partial charge in [-0.25, -0.2) is 4.79 Å². The topological polar surface area (TPSA) is 91.6 Å². The van der Waals surface area contributed by atoms with E-state index < -0.39 is 5.97 Å². The monoisotopic (exact) mass is 456 g/mol. The fourth-order valence-corrected chi connectivity index (χ4v) is 3.53. The normalized spacial score (nSPS) is 12.1. The third kappa shape index (κ3) is 6.63. The molecule has 0 fully saturated rings. The molecule has 7 heteroatoms. The molecule has 7 nitrogen and oxygen atoms in total. The number of phenolic OH excluding ortho intramolecular Hbond substituents is 1. The molecule has 33 heavy (non-hydrogen) atoms. The van der Waals surface area contributed by atoms with Crippen molar-refractivity contribution in [3.63, 3.8) is 0 Å². The van der Waals surface area contributed by atoms with Crippen LogP contribution >= 0.6 is 0 Å². The third-order valence-electron chi connectivity index (χ3n) is 5.27. The van der Waals surface area contributed by atoms with Crippen molar-refractivity contribution < 1.29 is 24.6 Å². The first kappa shape index (κ1) is 26.0. The Bertz CT molecular complexity index is 989. The molecule has 0 amide bonds. The van der Waals surface area contributed by atoms with Crippen LogP contribution in [0.1, 0.15) is 70.0 Å². The summed E-state index contributed by atoms with van der Waals surface area (Å²) >= 11 is 0. The quantitative estimate of drug-likeness (QED) is 0.228. The minimum absolute atomic E-state index is 0.0140. The van der Waals surface area contributed by atoms with Crippen molar-refractivity contribution in [3.8, 4) is 11.5 Å². The predicted octanol–water partition coefficient (Wildman–Crippen LogP) is 5.36. The van der Waals surface area contributed by atoms with E-state index in [-0.39, 0.29) is 29.4 Å². The number of hydrogen-bond acceptors (Lipinski definition) is 7. The molecule has 2 aromatic carbocycles. The van der Waals surface area contributed by atoms with Gasteiger partial charge in [-0.05, 0) is 62.9 Å². The lowest BCUT2D eigenvalue weighted by Crippen LogP contribution is -2.27. The van der Waals surface area contributed by atoms with Gasteiger partial charge in [-0.15, -0.1) is 0 Å². The van der Waals surface area contributed by atoms with E-state index >= 15 is 0 Å². The van der Waals surface area contributed by atoms with Crippen molar-refractivity contribution >= 4 is 17.4 Å². The fourth-order valence-electron chi connectivity index (χ4n) is 3.53.